The number of rotatable bonds is 5. The van der Waals surface area contributed by atoms with E-state index in [2.05, 4.69) is 4.98 Å². The molecule has 1 saturated heterocycles. The Balaban J connectivity index is 2.23. The number of carbonyl (C=O) groups excluding carboxylic acids is 1. The molecule has 116 valence electrons. The summed E-state index contributed by atoms with van der Waals surface area (Å²) in [6.45, 7) is 1.77. The van der Waals surface area contributed by atoms with Crippen LogP contribution in [0.15, 0.2) is 0 Å². The standard InChI is InChI=1S/C11H13FN2O5S2/c1-2-7-9(10(16)17)20-11(13-7)14-4-6(3-8(14)15)5-21(12,18)19/h6H,2-5H2,1H3,(H,16,17). The molecule has 1 aromatic rings. The third-order valence-electron chi connectivity index (χ3n) is 3.09. The van der Waals surface area contributed by atoms with Crippen LogP contribution in [-0.4, -0.2) is 42.7 Å². The van der Waals surface area contributed by atoms with Gasteiger partial charge < -0.3 is 5.11 Å². The third-order valence-corrected chi connectivity index (χ3v) is 5.06. The van der Waals surface area contributed by atoms with Crippen LogP contribution in [0.2, 0.25) is 0 Å². The highest BCUT2D eigenvalue weighted by Gasteiger charge is 2.35. The summed E-state index contributed by atoms with van der Waals surface area (Å²) in [5.41, 5.74) is 0.372. The molecule has 1 N–H and O–H groups in total. The van der Waals surface area contributed by atoms with Crippen molar-refractivity contribution in [1.29, 1.82) is 0 Å². The molecule has 0 bridgehead atoms. The maximum absolute atomic E-state index is 12.7. The lowest BCUT2D eigenvalue weighted by molar-refractivity contribution is -0.117. The van der Waals surface area contributed by atoms with E-state index in [0.717, 1.165) is 11.3 Å². The zero-order valence-electron chi connectivity index (χ0n) is 11.1. The second-order valence-corrected chi connectivity index (χ2v) is 7.10. The maximum atomic E-state index is 12.7. The minimum absolute atomic E-state index is 0.0255. The molecule has 0 spiro atoms. The topological polar surface area (TPSA) is 105 Å². The predicted molar refractivity (Wildman–Crippen MR) is 73.8 cm³/mol. The molecule has 1 fully saturated rings. The van der Waals surface area contributed by atoms with E-state index in [4.69, 9.17) is 5.11 Å². The van der Waals surface area contributed by atoms with E-state index in [1.54, 1.807) is 6.92 Å². The molecule has 10 heteroatoms. The molecule has 1 unspecified atom stereocenters. The molecule has 1 aliphatic rings. The van der Waals surface area contributed by atoms with E-state index >= 15 is 0 Å². The molecule has 2 rings (SSSR count). The number of nitrogens with zero attached hydrogens (tertiary/aromatic N) is 2. The van der Waals surface area contributed by atoms with Crippen LogP contribution in [0.4, 0.5) is 9.02 Å². The number of halogens is 1. The Morgan fingerprint density at radius 3 is 2.71 bits per heavy atom. The number of aromatic carboxylic acids is 1. The summed E-state index contributed by atoms with van der Waals surface area (Å²) in [7, 11) is -4.65. The zero-order valence-corrected chi connectivity index (χ0v) is 12.7. The molecule has 0 radical (unpaired) electrons. The van der Waals surface area contributed by atoms with E-state index in [9.17, 15) is 21.9 Å². The average Bonchev–Trinajstić information content (AvgIpc) is 2.90. The first-order valence-corrected chi connectivity index (χ1v) is 8.54. The third kappa shape index (κ3) is 3.56. The quantitative estimate of drug-likeness (QED) is 0.806. The van der Waals surface area contributed by atoms with Crippen LogP contribution in [0.1, 0.15) is 28.7 Å². The Hall–Kier alpha value is -1.55. The number of amides is 1. The summed E-state index contributed by atoms with van der Waals surface area (Å²) in [5, 5.41) is 9.28. The number of hydrogen-bond donors (Lipinski definition) is 1. The summed E-state index contributed by atoms with van der Waals surface area (Å²) in [6, 6.07) is 0. The van der Waals surface area contributed by atoms with E-state index in [-0.39, 0.29) is 28.9 Å². The van der Waals surface area contributed by atoms with Gasteiger partial charge in [-0.1, -0.05) is 18.3 Å². The molecule has 1 aliphatic heterocycles. The Kier molecular flexibility index (Phi) is 4.28. The summed E-state index contributed by atoms with van der Waals surface area (Å²) in [5.74, 6) is -2.86. The number of carboxylic acid groups (broad SMARTS) is 1. The molecule has 0 aliphatic carbocycles. The fraction of sp³-hybridized carbons (Fsp3) is 0.545. The maximum Gasteiger partial charge on any atom is 0.347 e. The van der Waals surface area contributed by atoms with Gasteiger partial charge in [-0.15, -0.1) is 3.89 Å². The smallest absolute Gasteiger partial charge is 0.347 e. The molecule has 21 heavy (non-hydrogen) atoms. The van der Waals surface area contributed by atoms with Crippen LogP contribution in [0.3, 0.4) is 0 Å². The van der Waals surface area contributed by atoms with Gasteiger partial charge in [0.1, 0.15) is 4.88 Å². The Morgan fingerprint density at radius 1 is 1.57 bits per heavy atom. The zero-order chi connectivity index (χ0) is 15.8. The molecular formula is C11H13FN2O5S2. The highest BCUT2D eigenvalue weighted by Crippen LogP contribution is 2.32. The summed E-state index contributed by atoms with van der Waals surface area (Å²) in [4.78, 5) is 28.4. The van der Waals surface area contributed by atoms with Gasteiger partial charge in [0.25, 0.3) is 0 Å². The first kappa shape index (κ1) is 15.8. The van der Waals surface area contributed by atoms with Gasteiger partial charge in [0.15, 0.2) is 5.13 Å². The van der Waals surface area contributed by atoms with Crippen molar-refractivity contribution in [3.05, 3.63) is 10.6 Å². The van der Waals surface area contributed by atoms with Gasteiger partial charge in [0.2, 0.25) is 5.91 Å². The van der Waals surface area contributed by atoms with Crippen molar-refractivity contribution < 1.29 is 27.0 Å². The van der Waals surface area contributed by atoms with Gasteiger partial charge in [-0.05, 0) is 6.42 Å². The normalized spacial score (nSPS) is 19.2. The predicted octanol–water partition coefficient (Wildman–Crippen LogP) is 1.06. The molecular weight excluding hydrogens is 323 g/mol. The van der Waals surface area contributed by atoms with Gasteiger partial charge in [-0.25, -0.2) is 9.78 Å². The van der Waals surface area contributed by atoms with Crippen molar-refractivity contribution in [2.75, 3.05) is 17.2 Å². The van der Waals surface area contributed by atoms with Crippen molar-refractivity contribution in [1.82, 2.24) is 4.98 Å². The molecule has 1 amide bonds. The van der Waals surface area contributed by atoms with Crippen LogP contribution in [0, 0.1) is 5.92 Å². The molecule has 7 nitrogen and oxygen atoms in total. The molecule has 1 atom stereocenters. The SMILES string of the molecule is CCc1nc(N2CC(CS(=O)(=O)F)CC2=O)sc1C(=O)O. The van der Waals surface area contributed by atoms with E-state index < -0.39 is 27.9 Å². The van der Waals surface area contributed by atoms with Gasteiger partial charge in [-0.3, -0.25) is 9.69 Å². The van der Waals surface area contributed by atoms with Crippen molar-refractivity contribution in [2.45, 2.75) is 19.8 Å². The monoisotopic (exact) mass is 336 g/mol. The van der Waals surface area contributed by atoms with Gasteiger partial charge >= 0.3 is 16.2 Å². The van der Waals surface area contributed by atoms with Crippen LogP contribution < -0.4 is 4.90 Å². The van der Waals surface area contributed by atoms with Crippen LogP contribution in [-0.2, 0) is 21.4 Å². The minimum Gasteiger partial charge on any atom is -0.477 e. The number of thiazole rings is 1. The highest BCUT2D eigenvalue weighted by molar-refractivity contribution is 7.86. The largest absolute Gasteiger partial charge is 0.477 e. The molecule has 1 aromatic heterocycles. The van der Waals surface area contributed by atoms with Crippen LogP contribution in [0.5, 0.6) is 0 Å². The van der Waals surface area contributed by atoms with E-state index in [1.165, 1.54) is 4.90 Å². The lowest BCUT2D eigenvalue weighted by Crippen LogP contribution is -2.25. The van der Waals surface area contributed by atoms with Crippen LogP contribution in [0.25, 0.3) is 0 Å². The average molecular weight is 336 g/mol. The molecule has 0 saturated carbocycles. The molecule has 0 aromatic carbocycles. The summed E-state index contributed by atoms with van der Waals surface area (Å²) >= 11 is 0.864. The number of anilines is 1. The highest BCUT2D eigenvalue weighted by atomic mass is 32.3. The van der Waals surface area contributed by atoms with E-state index in [0.29, 0.717) is 12.1 Å². The van der Waals surface area contributed by atoms with Gasteiger partial charge in [-0.2, -0.15) is 8.42 Å². The van der Waals surface area contributed by atoms with Crippen molar-refractivity contribution in [2.24, 2.45) is 5.92 Å². The summed E-state index contributed by atoms with van der Waals surface area (Å²) in [6.07, 6.45) is 0.315. The van der Waals surface area contributed by atoms with Crippen molar-refractivity contribution >= 4 is 38.6 Å². The number of carboxylic acids is 1. The van der Waals surface area contributed by atoms with Gasteiger partial charge in [0, 0.05) is 18.9 Å². The number of hydrogen-bond acceptors (Lipinski definition) is 6. The lowest BCUT2D eigenvalue weighted by atomic mass is 10.1. The van der Waals surface area contributed by atoms with Crippen LogP contribution >= 0.6 is 11.3 Å². The Bertz CT molecular complexity index is 685. The van der Waals surface area contributed by atoms with E-state index in [1.807, 2.05) is 0 Å². The minimum atomic E-state index is -4.65. The fourth-order valence-corrected chi connectivity index (χ4v) is 4.03. The lowest BCUT2D eigenvalue weighted by Gasteiger charge is -2.12. The number of carbonyl (C=O) groups is 2. The molecule has 2 heterocycles. The number of aryl methyl sites for hydroxylation is 1. The first-order chi connectivity index (χ1) is 9.71. The fourth-order valence-electron chi connectivity index (χ4n) is 2.22. The van der Waals surface area contributed by atoms with Crippen molar-refractivity contribution in [3.8, 4) is 0 Å². The Morgan fingerprint density at radius 2 is 2.24 bits per heavy atom. The van der Waals surface area contributed by atoms with Gasteiger partial charge in [0.05, 0.1) is 11.4 Å². The van der Waals surface area contributed by atoms with Crippen molar-refractivity contribution in [3.63, 3.8) is 0 Å². The first-order valence-electron chi connectivity index (χ1n) is 6.17. The Labute approximate surface area is 124 Å². The second-order valence-electron chi connectivity index (χ2n) is 4.71. The second kappa shape index (κ2) is 5.68. The number of aromatic nitrogens is 1. The summed E-state index contributed by atoms with van der Waals surface area (Å²) < 4.78 is 34.0.